The molecule has 0 bridgehead atoms. The van der Waals surface area contributed by atoms with Crippen molar-refractivity contribution >= 4 is 45.3 Å². The van der Waals surface area contributed by atoms with Crippen LogP contribution in [0.4, 0.5) is 23.3 Å². The van der Waals surface area contributed by atoms with Gasteiger partial charge < -0.3 is 32.1 Å². The molecular formula is C42H48N10. The molecule has 0 fully saturated rings. The molecule has 0 aliphatic heterocycles. The number of nitrogens with two attached hydrogens (primary N) is 4. The Kier molecular flexibility index (Phi) is 10.1. The van der Waals surface area contributed by atoms with E-state index in [2.05, 4.69) is 106 Å². The predicted molar refractivity (Wildman–Crippen MR) is 213 cm³/mol. The van der Waals surface area contributed by atoms with Crippen LogP contribution in [0.25, 0.3) is 22.1 Å². The van der Waals surface area contributed by atoms with E-state index in [0.29, 0.717) is 60.2 Å². The summed E-state index contributed by atoms with van der Waals surface area (Å²) in [5, 5.41) is 0. The van der Waals surface area contributed by atoms with Crippen LogP contribution in [0.15, 0.2) is 84.9 Å². The first-order chi connectivity index (χ1) is 25.3. The van der Waals surface area contributed by atoms with Crippen molar-refractivity contribution in [1.29, 1.82) is 0 Å². The van der Waals surface area contributed by atoms with Crippen molar-refractivity contribution in [2.75, 3.05) is 22.9 Å². The van der Waals surface area contributed by atoms with Gasteiger partial charge in [-0.1, -0.05) is 112 Å². The van der Waals surface area contributed by atoms with E-state index < -0.39 is 0 Å². The highest BCUT2D eigenvalue weighted by Crippen LogP contribution is 2.34. The standard InChI is InChI=1S/C42H48N10/c1-3-5-20-33-47-35-37(51(33)25-27-14-9-7-10-15-27)31(39(43)49-41(35)45)23-29-18-13-19-30(22-29)24-32-38-36(42(46)50-40(32)44)48-34(21-6-4-2)52(38)26-28-16-11-8-12-17-28/h7-19,22H,3-6,20-21,23-26H2,1-2H3,(H4,43,45,49)(H4,44,46,50). The van der Waals surface area contributed by atoms with E-state index in [1.807, 2.05) is 12.1 Å². The lowest BCUT2D eigenvalue weighted by atomic mass is 9.98. The highest BCUT2D eigenvalue weighted by molar-refractivity contribution is 5.92. The molecule has 10 heteroatoms. The number of nitrogen functional groups attached to an aromatic ring is 4. The summed E-state index contributed by atoms with van der Waals surface area (Å²) in [6, 6.07) is 29.4. The third kappa shape index (κ3) is 7.01. The third-order valence-corrected chi connectivity index (χ3v) is 9.88. The van der Waals surface area contributed by atoms with E-state index in [-0.39, 0.29) is 0 Å². The number of hydrogen-bond donors (Lipinski definition) is 4. The molecule has 0 atom stereocenters. The Balaban J connectivity index is 1.29. The third-order valence-electron chi connectivity index (χ3n) is 9.88. The van der Waals surface area contributed by atoms with E-state index in [9.17, 15) is 0 Å². The van der Waals surface area contributed by atoms with Crippen LogP contribution in [0.5, 0.6) is 0 Å². The molecule has 4 aromatic heterocycles. The Morgan fingerprint density at radius 1 is 0.481 bits per heavy atom. The second-order valence-electron chi connectivity index (χ2n) is 13.7. The molecule has 0 aliphatic rings. The Morgan fingerprint density at radius 3 is 1.29 bits per heavy atom. The minimum absolute atomic E-state index is 0.357. The van der Waals surface area contributed by atoms with Crippen LogP contribution in [0.2, 0.25) is 0 Å². The summed E-state index contributed by atoms with van der Waals surface area (Å²) < 4.78 is 4.57. The molecule has 4 heterocycles. The van der Waals surface area contributed by atoms with Gasteiger partial charge in [0.1, 0.15) is 34.3 Å². The van der Waals surface area contributed by atoms with Gasteiger partial charge in [0.25, 0.3) is 0 Å². The quantitative estimate of drug-likeness (QED) is 0.0911. The van der Waals surface area contributed by atoms with E-state index in [1.165, 1.54) is 11.1 Å². The number of rotatable bonds is 14. The molecular weight excluding hydrogens is 645 g/mol. The highest BCUT2D eigenvalue weighted by atomic mass is 15.1. The fourth-order valence-electron chi connectivity index (χ4n) is 7.24. The fraction of sp³-hybridized carbons (Fsp3) is 0.286. The van der Waals surface area contributed by atoms with Gasteiger partial charge in [-0.15, -0.1) is 0 Å². The molecule has 0 saturated heterocycles. The van der Waals surface area contributed by atoms with Crippen LogP contribution >= 0.6 is 0 Å². The molecule has 0 radical (unpaired) electrons. The number of aryl methyl sites for hydroxylation is 2. The molecule has 52 heavy (non-hydrogen) atoms. The average Bonchev–Trinajstić information content (AvgIpc) is 3.69. The first-order valence-electron chi connectivity index (χ1n) is 18.4. The molecule has 0 aliphatic carbocycles. The van der Waals surface area contributed by atoms with Crippen molar-refractivity contribution in [2.24, 2.45) is 0 Å². The van der Waals surface area contributed by atoms with Crippen LogP contribution < -0.4 is 22.9 Å². The zero-order valence-corrected chi connectivity index (χ0v) is 30.1. The van der Waals surface area contributed by atoms with E-state index in [1.54, 1.807) is 0 Å². The van der Waals surface area contributed by atoms with Gasteiger partial charge in [-0.25, -0.2) is 19.9 Å². The zero-order valence-electron chi connectivity index (χ0n) is 30.1. The SMILES string of the molecule is CCCCc1nc2c(N)nc(N)c(Cc3cccc(Cc4c(N)nc(N)c5nc(CCCC)n(Cc6ccccc6)c45)c3)c2n1Cc1ccccc1. The van der Waals surface area contributed by atoms with Crippen LogP contribution in [-0.2, 0) is 38.8 Å². The van der Waals surface area contributed by atoms with Crippen molar-refractivity contribution in [2.45, 2.75) is 78.3 Å². The Labute approximate surface area is 304 Å². The summed E-state index contributed by atoms with van der Waals surface area (Å²) in [6.45, 7) is 5.72. The first kappa shape index (κ1) is 34.5. The smallest absolute Gasteiger partial charge is 0.154 e. The summed E-state index contributed by atoms with van der Waals surface area (Å²) >= 11 is 0. The second-order valence-corrected chi connectivity index (χ2v) is 13.7. The maximum atomic E-state index is 6.70. The second kappa shape index (κ2) is 15.1. The van der Waals surface area contributed by atoms with E-state index in [0.717, 1.165) is 83.5 Å². The maximum Gasteiger partial charge on any atom is 0.154 e. The predicted octanol–water partition coefficient (Wildman–Crippen LogP) is 7.47. The Hall–Kier alpha value is -5.90. The largest absolute Gasteiger partial charge is 0.383 e. The van der Waals surface area contributed by atoms with Gasteiger partial charge in [0, 0.05) is 49.9 Å². The number of unbranched alkanes of at least 4 members (excludes halogenated alkanes) is 2. The van der Waals surface area contributed by atoms with Crippen molar-refractivity contribution in [3.63, 3.8) is 0 Å². The van der Waals surface area contributed by atoms with Gasteiger partial charge >= 0.3 is 0 Å². The molecule has 7 aromatic rings. The van der Waals surface area contributed by atoms with Crippen LogP contribution in [0.1, 0.15) is 84.6 Å². The van der Waals surface area contributed by atoms with Gasteiger partial charge in [0.2, 0.25) is 0 Å². The number of benzene rings is 3. The normalized spacial score (nSPS) is 11.6. The van der Waals surface area contributed by atoms with Crippen molar-refractivity contribution in [3.05, 3.63) is 130 Å². The Bertz CT molecular complexity index is 2160. The summed E-state index contributed by atoms with van der Waals surface area (Å²) in [7, 11) is 0. The summed E-state index contributed by atoms with van der Waals surface area (Å²) in [5.41, 5.74) is 36.1. The average molecular weight is 693 g/mol. The maximum absolute atomic E-state index is 6.70. The summed E-state index contributed by atoms with van der Waals surface area (Å²) in [4.78, 5) is 19.3. The minimum Gasteiger partial charge on any atom is -0.383 e. The number of hydrogen-bond acceptors (Lipinski definition) is 8. The molecule has 3 aromatic carbocycles. The van der Waals surface area contributed by atoms with Crippen molar-refractivity contribution in [1.82, 2.24) is 29.1 Å². The van der Waals surface area contributed by atoms with Crippen molar-refractivity contribution < 1.29 is 0 Å². The monoisotopic (exact) mass is 692 g/mol. The lowest BCUT2D eigenvalue weighted by molar-refractivity contribution is 0.689. The molecule has 7 rings (SSSR count). The van der Waals surface area contributed by atoms with Gasteiger partial charge in [-0.2, -0.15) is 0 Å². The molecule has 0 saturated carbocycles. The lowest BCUT2D eigenvalue weighted by Crippen LogP contribution is -2.10. The zero-order chi connectivity index (χ0) is 36.2. The van der Waals surface area contributed by atoms with Gasteiger partial charge in [0.15, 0.2) is 11.6 Å². The highest BCUT2D eigenvalue weighted by Gasteiger charge is 2.23. The molecule has 0 amide bonds. The topological polar surface area (TPSA) is 166 Å². The molecule has 0 spiro atoms. The van der Waals surface area contributed by atoms with E-state index >= 15 is 0 Å². The van der Waals surface area contributed by atoms with Crippen molar-refractivity contribution in [3.8, 4) is 0 Å². The number of pyridine rings is 2. The number of anilines is 4. The number of fused-ring (bicyclic) bond motifs is 2. The number of nitrogens with zero attached hydrogens (tertiary/aromatic N) is 6. The molecule has 8 N–H and O–H groups in total. The fourth-order valence-corrected chi connectivity index (χ4v) is 7.24. The van der Waals surface area contributed by atoms with Crippen LogP contribution in [0.3, 0.4) is 0 Å². The molecule has 0 unspecified atom stereocenters. The summed E-state index contributed by atoms with van der Waals surface area (Å²) in [6.07, 6.45) is 7.01. The van der Waals surface area contributed by atoms with Crippen LogP contribution in [0, 0.1) is 0 Å². The summed E-state index contributed by atoms with van der Waals surface area (Å²) in [5.74, 6) is 3.55. The van der Waals surface area contributed by atoms with Gasteiger partial charge in [-0.3, -0.25) is 0 Å². The lowest BCUT2D eigenvalue weighted by Gasteiger charge is -2.16. The van der Waals surface area contributed by atoms with Crippen LogP contribution in [-0.4, -0.2) is 29.1 Å². The molecule has 266 valence electrons. The number of imidazole rings is 2. The Morgan fingerprint density at radius 2 is 0.885 bits per heavy atom. The molecule has 10 nitrogen and oxygen atoms in total. The number of aromatic nitrogens is 6. The van der Waals surface area contributed by atoms with E-state index in [4.69, 9.17) is 32.9 Å². The van der Waals surface area contributed by atoms with Gasteiger partial charge in [0.05, 0.1) is 11.0 Å². The van der Waals surface area contributed by atoms with Gasteiger partial charge in [-0.05, 0) is 35.1 Å². The first-order valence-corrected chi connectivity index (χ1v) is 18.4. The minimum atomic E-state index is 0.357.